The highest BCUT2D eigenvalue weighted by Crippen LogP contribution is 2.30. The van der Waals surface area contributed by atoms with Gasteiger partial charge in [-0.05, 0) is 24.3 Å². The van der Waals surface area contributed by atoms with Gasteiger partial charge in [0.1, 0.15) is 22.9 Å². The molecule has 0 fully saturated rings. The number of anilines is 2. The van der Waals surface area contributed by atoms with Gasteiger partial charge in [0.05, 0.1) is 14.2 Å². The number of hydrogen-bond donors (Lipinski definition) is 2. The highest BCUT2D eigenvalue weighted by Gasteiger charge is 2.06. The molecule has 0 aliphatic carbocycles. The standard InChI is InChI=1S/C14H15N5O3/c1-21-11-6-4-3-5-9(11)18-19-10-7-8-12(16-13(10)15)17-14(20)22-2/h3-8H,1-2H3,(H3,15,16,17,20)/b19-18+. The first kappa shape index (κ1) is 15.2. The van der Waals surface area contributed by atoms with Gasteiger partial charge in [-0.2, -0.15) is 0 Å². The number of carbonyl (C=O) groups is 1. The Morgan fingerprint density at radius 3 is 2.55 bits per heavy atom. The molecule has 1 aromatic carbocycles. The van der Waals surface area contributed by atoms with E-state index in [2.05, 4.69) is 25.3 Å². The summed E-state index contributed by atoms with van der Waals surface area (Å²) in [6.07, 6.45) is -0.629. The fourth-order valence-corrected chi connectivity index (χ4v) is 1.60. The number of pyridine rings is 1. The van der Waals surface area contributed by atoms with Crippen LogP contribution in [0.5, 0.6) is 5.75 Å². The van der Waals surface area contributed by atoms with Gasteiger partial charge in [-0.25, -0.2) is 9.78 Å². The van der Waals surface area contributed by atoms with E-state index in [9.17, 15) is 4.79 Å². The molecule has 0 unspecified atom stereocenters. The summed E-state index contributed by atoms with van der Waals surface area (Å²) in [6.45, 7) is 0. The fourth-order valence-electron chi connectivity index (χ4n) is 1.60. The average molecular weight is 301 g/mol. The Kier molecular flexibility index (Phi) is 4.86. The molecule has 2 rings (SSSR count). The molecule has 2 aromatic rings. The SMILES string of the molecule is COC(=O)Nc1ccc(/N=N/c2ccccc2OC)c(N)n1. The Morgan fingerprint density at radius 2 is 1.86 bits per heavy atom. The first-order valence-corrected chi connectivity index (χ1v) is 6.30. The summed E-state index contributed by atoms with van der Waals surface area (Å²) in [5, 5.41) is 10.5. The van der Waals surface area contributed by atoms with E-state index in [-0.39, 0.29) is 11.6 Å². The van der Waals surface area contributed by atoms with Gasteiger partial charge in [0, 0.05) is 0 Å². The van der Waals surface area contributed by atoms with Crippen LogP contribution in [0.15, 0.2) is 46.6 Å². The lowest BCUT2D eigenvalue weighted by molar-refractivity contribution is 0.187. The lowest BCUT2D eigenvalue weighted by Crippen LogP contribution is -2.12. The number of aromatic nitrogens is 1. The molecule has 3 N–H and O–H groups in total. The highest BCUT2D eigenvalue weighted by molar-refractivity contribution is 5.83. The minimum atomic E-state index is -0.629. The first-order chi connectivity index (χ1) is 10.6. The highest BCUT2D eigenvalue weighted by atomic mass is 16.5. The number of nitrogens with zero attached hydrogens (tertiary/aromatic N) is 3. The monoisotopic (exact) mass is 301 g/mol. The number of nitrogen functional groups attached to an aromatic ring is 1. The Bertz CT molecular complexity index is 703. The third-order valence-electron chi connectivity index (χ3n) is 2.67. The number of benzene rings is 1. The number of para-hydroxylation sites is 1. The van der Waals surface area contributed by atoms with Crippen LogP contribution in [0, 0.1) is 0 Å². The van der Waals surface area contributed by atoms with Gasteiger partial charge < -0.3 is 15.2 Å². The van der Waals surface area contributed by atoms with Crippen LogP contribution in [0.2, 0.25) is 0 Å². The molecule has 0 radical (unpaired) electrons. The number of hydrogen-bond acceptors (Lipinski definition) is 7. The maximum absolute atomic E-state index is 11.1. The van der Waals surface area contributed by atoms with Gasteiger partial charge in [0.2, 0.25) is 0 Å². The van der Waals surface area contributed by atoms with E-state index in [1.165, 1.54) is 7.11 Å². The fraction of sp³-hybridized carbons (Fsp3) is 0.143. The molecule has 0 aliphatic rings. The first-order valence-electron chi connectivity index (χ1n) is 6.30. The van der Waals surface area contributed by atoms with E-state index in [1.807, 2.05) is 12.1 Å². The molecule has 0 atom stereocenters. The lowest BCUT2D eigenvalue weighted by atomic mass is 10.3. The van der Waals surface area contributed by atoms with Crippen molar-refractivity contribution >= 4 is 29.1 Å². The van der Waals surface area contributed by atoms with E-state index < -0.39 is 6.09 Å². The molecule has 1 amide bonds. The second-order valence-corrected chi connectivity index (χ2v) is 4.09. The zero-order chi connectivity index (χ0) is 15.9. The van der Waals surface area contributed by atoms with Crippen molar-refractivity contribution in [3.63, 3.8) is 0 Å². The Labute approximate surface area is 127 Å². The van der Waals surface area contributed by atoms with Crippen molar-refractivity contribution in [2.24, 2.45) is 10.2 Å². The van der Waals surface area contributed by atoms with E-state index in [1.54, 1.807) is 31.4 Å². The summed E-state index contributed by atoms with van der Waals surface area (Å²) in [7, 11) is 2.81. The number of amides is 1. The van der Waals surface area contributed by atoms with E-state index >= 15 is 0 Å². The van der Waals surface area contributed by atoms with Crippen LogP contribution < -0.4 is 15.8 Å². The Morgan fingerprint density at radius 1 is 1.14 bits per heavy atom. The summed E-state index contributed by atoms with van der Waals surface area (Å²) in [5.41, 5.74) is 6.73. The normalized spacial score (nSPS) is 10.5. The maximum Gasteiger partial charge on any atom is 0.412 e. The molecule has 0 spiro atoms. The van der Waals surface area contributed by atoms with Crippen LogP contribution in [0.1, 0.15) is 0 Å². The summed E-state index contributed by atoms with van der Waals surface area (Å²) in [6, 6.07) is 10.3. The number of rotatable bonds is 4. The molecule has 8 heteroatoms. The van der Waals surface area contributed by atoms with Gasteiger partial charge in [0.25, 0.3) is 0 Å². The quantitative estimate of drug-likeness (QED) is 0.842. The molecular weight excluding hydrogens is 286 g/mol. The van der Waals surface area contributed by atoms with Crippen molar-refractivity contribution in [2.75, 3.05) is 25.3 Å². The number of ether oxygens (including phenoxy) is 2. The molecule has 0 saturated heterocycles. The summed E-state index contributed by atoms with van der Waals surface area (Å²) in [4.78, 5) is 15.1. The van der Waals surface area contributed by atoms with Crippen LogP contribution in [0.4, 0.5) is 27.8 Å². The average Bonchev–Trinajstić information content (AvgIpc) is 2.54. The van der Waals surface area contributed by atoms with Gasteiger partial charge in [0.15, 0.2) is 5.82 Å². The predicted octanol–water partition coefficient (Wildman–Crippen LogP) is 3.27. The van der Waals surface area contributed by atoms with Crippen molar-refractivity contribution < 1.29 is 14.3 Å². The molecule has 114 valence electrons. The lowest BCUT2D eigenvalue weighted by Gasteiger charge is -2.05. The van der Waals surface area contributed by atoms with Crippen LogP contribution in [-0.2, 0) is 4.74 Å². The van der Waals surface area contributed by atoms with Gasteiger partial charge in [-0.1, -0.05) is 12.1 Å². The molecule has 1 heterocycles. The van der Waals surface area contributed by atoms with E-state index in [4.69, 9.17) is 10.5 Å². The second kappa shape index (κ2) is 7.02. The minimum absolute atomic E-state index is 0.132. The van der Waals surface area contributed by atoms with Crippen molar-refractivity contribution in [1.29, 1.82) is 0 Å². The smallest absolute Gasteiger partial charge is 0.412 e. The third kappa shape index (κ3) is 3.69. The molecule has 0 saturated carbocycles. The summed E-state index contributed by atoms with van der Waals surface area (Å²) < 4.78 is 9.65. The molecule has 0 aliphatic heterocycles. The van der Waals surface area contributed by atoms with Crippen LogP contribution in [-0.4, -0.2) is 25.3 Å². The van der Waals surface area contributed by atoms with Crippen molar-refractivity contribution in [3.8, 4) is 5.75 Å². The van der Waals surface area contributed by atoms with Crippen LogP contribution in [0.25, 0.3) is 0 Å². The molecular formula is C14H15N5O3. The summed E-state index contributed by atoms with van der Waals surface area (Å²) >= 11 is 0. The van der Waals surface area contributed by atoms with E-state index in [0.717, 1.165) is 0 Å². The van der Waals surface area contributed by atoms with Crippen molar-refractivity contribution in [1.82, 2.24) is 4.98 Å². The topological polar surface area (TPSA) is 111 Å². The number of carbonyl (C=O) groups excluding carboxylic acids is 1. The van der Waals surface area contributed by atoms with Gasteiger partial charge in [-0.3, -0.25) is 5.32 Å². The largest absolute Gasteiger partial charge is 0.494 e. The number of nitrogens with one attached hydrogen (secondary N) is 1. The van der Waals surface area contributed by atoms with Gasteiger partial charge >= 0.3 is 6.09 Å². The second-order valence-electron chi connectivity index (χ2n) is 4.09. The Balaban J connectivity index is 2.19. The third-order valence-corrected chi connectivity index (χ3v) is 2.67. The molecule has 22 heavy (non-hydrogen) atoms. The van der Waals surface area contributed by atoms with Gasteiger partial charge in [-0.15, -0.1) is 10.2 Å². The van der Waals surface area contributed by atoms with E-state index in [0.29, 0.717) is 17.1 Å². The minimum Gasteiger partial charge on any atom is -0.494 e. The molecule has 8 nitrogen and oxygen atoms in total. The zero-order valence-electron chi connectivity index (χ0n) is 12.1. The summed E-state index contributed by atoms with van der Waals surface area (Å²) in [5.74, 6) is 0.995. The predicted molar refractivity (Wildman–Crippen MR) is 81.8 cm³/mol. The number of methoxy groups -OCH3 is 2. The van der Waals surface area contributed by atoms with Crippen LogP contribution in [0.3, 0.4) is 0 Å². The van der Waals surface area contributed by atoms with Crippen molar-refractivity contribution in [3.05, 3.63) is 36.4 Å². The zero-order valence-corrected chi connectivity index (χ0v) is 12.1. The Hall–Kier alpha value is -3.16. The number of nitrogens with two attached hydrogens (primary N) is 1. The number of azo groups is 1. The van der Waals surface area contributed by atoms with Crippen LogP contribution >= 0.6 is 0 Å². The molecule has 1 aromatic heterocycles. The molecule has 0 bridgehead atoms. The van der Waals surface area contributed by atoms with Crippen molar-refractivity contribution in [2.45, 2.75) is 0 Å². The maximum atomic E-state index is 11.1.